The van der Waals surface area contributed by atoms with E-state index in [2.05, 4.69) is 15.0 Å². The first-order valence-corrected chi connectivity index (χ1v) is 4.48. The van der Waals surface area contributed by atoms with Crippen LogP contribution in [-0.2, 0) is 11.3 Å². The zero-order chi connectivity index (χ0) is 10.7. The van der Waals surface area contributed by atoms with Gasteiger partial charge in [0.05, 0.1) is 12.1 Å². The van der Waals surface area contributed by atoms with Crippen molar-refractivity contribution in [2.24, 2.45) is 5.73 Å². The summed E-state index contributed by atoms with van der Waals surface area (Å²) in [5.74, 6) is 0. The van der Waals surface area contributed by atoms with E-state index < -0.39 is 6.09 Å². The van der Waals surface area contributed by atoms with E-state index in [9.17, 15) is 4.79 Å². The summed E-state index contributed by atoms with van der Waals surface area (Å²) in [7, 11) is 0. The molecule has 1 aromatic carbocycles. The van der Waals surface area contributed by atoms with Crippen molar-refractivity contribution in [2.75, 3.05) is 6.61 Å². The van der Waals surface area contributed by atoms with Crippen LogP contribution in [-0.4, -0.2) is 27.7 Å². The van der Waals surface area contributed by atoms with Crippen molar-refractivity contribution in [2.45, 2.75) is 6.54 Å². The smallest absolute Gasteiger partial charge is 0.404 e. The van der Waals surface area contributed by atoms with Gasteiger partial charge in [-0.3, -0.25) is 0 Å². The highest BCUT2D eigenvalue weighted by Crippen LogP contribution is 2.08. The summed E-state index contributed by atoms with van der Waals surface area (Å²) in [5.41, 5.74) is 6.56. The molecule has 0 spiro atoms. The van der Waals surface area contributed by atoms with Crippen LogP contribution in [0.4, 0.5) is 4.79 Å². The highest BCUT2D eigenvalue weighted by atomic mass is 16.5. The van der Waals surface area contributed by atoms with E-state index in [0.717, 1.165) is 11.0 Å². The average Bonchev–Trinajstić information content (AvgIpc) is 2.62. The van der Waals surface area contributed by atoms with Crippen molar-refractivity contribution < 1.29 is 9.53 Å². The Kier molecular flexibility index (Phi) is 2.49. The van der Waals surface area contributed by atoms with Gasteiger partial charge in [0.15, 0.2) is 0 Å². The number of rotatable bonds is 3. The molecule has 0 aliphatic carbocycles. The van der Waals surface area contributed by atoms with Gasteiger partial charge in [-0.1, -0.05) is 17.3 Å². The number of benzene rings is 1. The number of hydrogen-bond donors (Lipinski definition) is 1. The minimum absolute atomic E-state index is 0.197. The van der Waals surface area contributed by atoms with Crippen molar-refractivity contribution in [1.29, 1.82) is 0 Å². The van der Waals surface area contributed by atoms with Gasteiger partial charge in [0.1, 0.15) is 12.1 Å². The van der Waals surface area contributed by atoms with E-state index in [4.69, 9.17) is 5.73 Å². The molecule has 0 radical (unpaired) electrons. The molecule has 15 heavy (non-hydrogen) atoms. The standard InChI is InChI=1S/C9H10N4O2/c10-9(14)15-6-5-13-8-4-2-1-3-7(8)11-12-13/h1-4H,5-6H2,(H2,10,14). The Morgan fingerprint density at radius 2 is 2.27 bits per heavy atom. The SMILES string of the molecule is NC(=O)OCCn1nnc2ccccc21. The summed E-state index contributed by atoms with van der Waals surface area (Å²) in [5, 5.41) is 7.88. The average molecular weight is 206 g/mol. The Morgan fingerprint density at radius 3 is 3.07 bits per heavy atom. The first-order chi connectivity index (χ1) is 7.27. The van der Waals surface area contributed by atoms with Gasteiger partial charge in [0.25, 0.3) is 0 Å². The molecule has 0 fully saturated rings. The minimum Gasteiger partial charge on any atom is -0.448 e. The zero-order valence-electron chi connectivity index (χ0n) is 7.96. The lowest BCUT2D eigenvalue weighted by molar-refractivity contribution is 0.151. The molecule has 0 bridgehead atoms. The molecule has 1 amide bonds. The third-order valence-corrected chi connectivity index (χ3v) is 1.97. The Balaban J connectivity index is 2.11. The number of amides is 1. The molecule has 6 heteroatoms. The second kappa shape index (κ2) is 3.95. The number of carbonyl (C=O) groups is 1. The maximum Gasteiger partial charge on any atom is 0.404 e. The van der Waals surface area contributed by atoms with Gasteiger partial charge in [-0.2, -0.15) is 0 Å². The lowest BCUT2D eigenvalue weighted by atomic mass is 10.3. The third-order valence-electron chi connectivity index (χ3n) is 1.97. The van der Waals surface area contributed by atoms with Crippen LogP contribution in [0.1, 0.15) is 0 Å². The second-order valence-electron chi connectivity index (χ2n) is 2.97. The summed E-state index contributed by atoms with van der Waals surface area (Å²) in [6.07, 6.45) is -0.778. The summed E-state index contributed by atoms with van der Waals surface area (Å²) >= 11 is 0. The molecule has 2 aromatic rings. The Labute approximate surface area is 85.6 Å². The maximum atomic E-state index is 10.3. The van der Waals surface area contributed by atoms with E-state index in [0.29, 0.717) is 6.54 Å². The number of primary amides is 1. The molecular formula is C9H10N4O2. The molecule has 6 nitrogen and oxygen atoms in total. The molecule has 1 aromatic heterocycles. The zero-order valence-corrected chi connectivity index (χ0v) is 7.96. The van der Waals surface area contributed by atoms with Crippen LogP contribution in [0.5, 0.6) is 0 Å². The van der Waals surface area contributed by atoms with Gasteiger partial charge >= 0.3 is 6.09 Å². The minimum atomic E-state index is -0.778. The van der Waals surface area contributed by atoms with Gasteiger partial charge in [-0.25, -0.2) is 9.48 Å². The number of fused-ring (bicyclic) bond motifs is 1. The number of carbonyl (C=O) groups excluding carboxylic acids is 1. The highest BCUT2D eigenvalue weighted by Gasteiger charge is 2.03. The van der Waals surface area contributed by atoms with Crippen molar-refractivity contribution in [3.63, 3.8) is 0 Å². The van der Waals surface area contributed by atoms with Crippen LogP contribution in [0, 0.1) is 0 Å². The molecule has 0 unspecified atom stereocenters. The van der Waals surface area contributed by atoms with Gasteiger partial charge in [-0.15, -0.1) is 5.10 Å². The lowest BCUT2D eigenvalue weighted by Gasteiger charge is -2.01. The van der Waals surface area contributed by atoms with Gasteiger partial charge in [-0.05, 0) is 12.1 Å². The third kappa shape index (κ3) is 2.04. The molecule has 1 heterocycles. The number of para-hydroxylation sites is 1. The number of hydrogen-bond acceptors (Lipinski definition) is 4. The normalized spacial score (nSPS) is 10.4. The fraction of sp³-hybridized carbons (Fsp3) is 0.222. The summed E-state index contributed by atoms with van der Waals surface area (Å²) in [6, 6.07) is 7.56. The van der Waals surface area contributed by atoms with Crippen molar-refractivity contribution in [3.05, 3.63) is 24.3 Å². The number of aromatic nitrogens is 3. The summed E-state index contributed by atoms with van der Waals surface area (Å²) in [6.45, 7) is 0.645. The molecular weight excluding hydrogens is 196 g/mol. The van der Waals surface area contributed by atoms with Crippen molar-refractivity contribution >= 4 is 17.1 Å². The molecule has 2 rings (SSSR count). The van der Waals surface area contributed by atoms with Gasteiger partial charge in [0.2, 0.25) is 0 Å². The predicted molar refractivity (Wildman–Crippen MR) is 53.1 cm³/mol. The fourth-order valence-corrected chi connectivity index (χ4v) is 1.32. The van der Waals surface area contributed by atoms with Crippen LogP contribution in [0.25, 0.3) is 11.0 Å². The number of ether oxygens (including phenoxy) is 1. The number of nitrogens with two attached hydrogens (primary N) is 1. The molecule has 0 atom stereocenters. The van der Waals surface area contributed by atoms with Crippen LogP contribution in [0.15, 0.2) is 24.3 Å². The van der Waals surface area contributed by atoms with E-state index in [1.54, 1.807) is 4.68 Å². The molecule has 0 aliphatic rings. The Hall–Kier alpha value is -2.11. The van der Waals surface area contributed by atoms with Crippen molar-refractivity contribution in [3.8, 4) is 0 Å². The van der Waals surface area contributed by atoms with Gasteiger partial charge < -0.3 is 10.5 Å². The molecule has 0 saturated heterocycles. The van der Waals surface area contributed by atoms with Crippen LogP contribution in [0.2, 0.25) is 0 Å². The second-order valence-corrected chi connectivity index (χ2v) is 2.97. The van der Waals surface area contributed by atoms with E-state index in [1.165, 1.54) is 0 Å². The monoisotopic (exact) mass is 206 g/mol. The lowest BCUT2D eigenvalue weighted by Crippen LogP contribution is -2.17. The van der Waals surface area contributed by atoms with Gasteiger partial charge in [0, 0.05) is 0 Å². The van der Waals surface area contributed by atoms with E-state index >= 15 is 0 Å². The maximum absolute atomic E-state index is 10.3. The van der Waals surface area contributed by atoms with Crippen LogP contribution < -0.4 is 5.73 Å². The summed E-state index contributed by atoms with van der Waals surface area (Å²) in [4.78, 5) is 10.3. The van der Waals surface area contributed by atoms with E-state index in [-0.39, 0.29) is 6.61 Å². The molecule has 78 valence electrons. The molecule has 0 saturated carbocycles. The topological polar surface area (TPSA) is 83.0 Å². The largest absolute Gasteiger partial charge is 0.448 e. The first kappa shape index (κ1) is 9.45. The van der Waals surface area contributed by atoms with Crippen LogP contribution >= 0.6 is 0 Å². The molecule has 2 N–H and O–H groups in total. The Bertz CT molecular complexity index is 480. The van der Waals surface area contributed by atoms with E-state index in [1.807, 2.05) is 24.3 Å². The summed E-state index contributed by atoms with van der Waals surface area (Å²) < 4.78 is 6.28. The predicted octanol–water partition coefficient (Wildman–Crippen LogP) is 0.527. The fourth-order valence-electron chi connectivity index (χ4n) is 1.32. The highest BCUT2D eigenvalue weighted by molar-refractivity contribution is 5.73. The number of nitrogens with zero attached hydrogens (tertiary/aromatic N) is 3. The molecule has 0 aliphatic heterocycles. The quantitative estimate of drug-likeness (QED) is 0.793. The first-order valence-electron chi connectivity index (χ1n) is 4.48. The Morgan fingerprint density at radius 1 is 1.47 bits per heavy atom. The van der Waals surface area contributed by atoms with Crippen molar-refractivity contribution in [1.82, 2.24) is 15.0 Å². The van der Waals surface area contributed by atoms with Crippen LogP contribution in [0.3, 0.4) is 0 Å².